The van der Waals surface area contributed by atoms with Gasteiger partial charge in [-0.15, -0.1) is 0 Å². The Morgan fingerprint density at radius 2 is 1.97 bits per heavy atom. The second kappa shape index (κ2) is 10.1. The minimum absolute atomic E-state index is 0.0140. The van der Waals surface area contributed by atoms with Gasteiger partial charge < -0.3 is 10.2 Å². The zero-order valence-electron chi connectivity index (χ0n) is 21.3. The van der Waals surface area contributed by atoms with Crippen LogP contribution in [0.15, 0.2) is 53.0 Å². The Balaban J connectivity index is 1.96. The van der Waals surface area contributed by atoms with Crippen LogP contribution in [-0.4, -0.2) is 42.1 Å². The molecule has 2 atom stereocenters. The van der Waals surface area contributed by atoms with E-state index >= 15 is 0 Å². The van der Waals surface area contributed by atoms with Crippen molar-refractivity contribution in [3.05, 3.63) is 68.6 Å². The lowest BCUT2D eigenvalue weighted by Gasteiger charge is -2.38. The van der Waals surface area contributed by atoms with Crippen LogP contribution in [0.3, 0.4) is 0 Å². The number of hydrogen-bond acceptors (Lipinski definition) is 4. The van der Waals surface area contributed by atoms with Gasteiger partial charge in [0.25, 0.3) is 0 Å². The number of fused-ring (bicyclic) bond motifs is 1. The topological polar surface area (TPSA) is 52.7 Å². The van der Waals surface area contributed by atoms with Crippen molar-refractivity contribution in [2.75, 3.05) is 20.6 Å². The molecular weight excluding hydrogens is 481 g/mol. The van der Waals surface area contributed by atoms with Gasteiger partial charge in [0.15, 0.2) is 5.78 Å². The second-order valence-corrected chi connectivity index (χ2v) is 11.8. The van der Waals surface area contributed by atoms with E-state index in [1.807, 2.05) is 17.9 Å². The van der Waals surface area contributed by atoms with E-state index in [-0.39, 0.29) is 17.1 Å². The van der Waals surface area contributed by atoms with Crippen molar-refractivity contribution in [1.82, 2.24) is 15.1 Å². The first-order chi connectivity index (χ1) is 16.5. The number of carbonyl (C=O) groups excluding carboxylic acids is 2. The Morgan fingerprint density at radius 3 is 2.63 bits per heavy atom. The molecule has 4 rings (SSSR count). The van der Waals surface area contributed by atoms with Crippen molar-refractivity contribution in [2.45, 2.75) is 58.9 Å². The first kappa shape index (κ1) is 26.0. The van der Waals surface area contributed by atoms with E-state index in [0.717, 1.165) is 35.6 Å². The standard InChI is InChI=1S/C28H35Cl2N3O2/c1-6-7-25(35)33-23-11-8-17(16-32(4)5)12-21(23)31-22-14-28(2,3)15-24(34)26(22)27(33)19-10-9-18(29)13-20(19)30/h9-13,17,27,31H,6-8,14-16H2,1-5H3. The maximum absolute atomic E-state index is 13.8. The molecule has 1 aromatic rings. The molecule has 0 aromatic heterocycles. The number of ketones is 1. The summed E-state index contributed by atoms with van der Waals surface area (Å²) in [4.78, 5) is 31.5. The number of allylic oxidation sites excluding steroid dienone is 2. The quantitative estimate of drug-likeness (QED) is 0.502. The third kappa shape index (κ3) is 5.37. The van der Waals surface area contributed by atoms with Gasteiger partial charge in [-0.2, -0.15) is 0 Å². The molecule has 1 aliphatic heterocycles. The van der Waals surface area contributed by atoms with Crippen LogP contribution in [0, 0.1) is 11.3 Å². The molecule has 1 N–H and O–H groups in total. The second-order valence-electron chi connectivity index (χ2n) is 11.0. The van der Waals surface area contributed by atoms with Gasteiger partial charge in [-0.3, -0.25) is 14.5 Å². The molecule has 0 fully saturated rings. The number of nitrogens with one attached hydrogen (secondary N) is 1. The minimum atomic E-state index is -0.604. The van der Waals surface area contributed by atoms with E-state index in [0.29, 0.717) is 47.2 Å². The number of rotatable bonds is 5. The van der Waals surface area contributed by atoms with Crippen molar-refractivity contribution in [3.8, 4) is 0 Å². The summed E-state index contributed by atoms with van der Waals surface area (Å²) in [6.07, 6.45) is 7.43. The molecule has 1 heterocycles. The fourth-order valence-corrected chi connectivity index (χ4v) is 6.03. The summed E-state index contributed by atoms with van der Waals surface area (Å²) >= 11 is 13.0. The summed E-state index contributed by atoms with van der Waals surface area (Å²) in [6, 6.07) is 4.72. The third-order valence-corrected chi connectivity index (χ3v) is 7.44. The molecule has 5 nitrogen and oxygen atoms in total. The molecule has 0 saturated heterocycles. The highest BCUT2D eigenvalue weighted by molar-refractivity contribution is 6.35. The SMILES string of the molecule is CCCC(=O)N1C2=CCC(CN(C)C)C=C2NC2=C(C(=O)CC(C)(C)C2)C1c1ccc(Cl)cc1Cl. The summed E-state index contributed by atoms with van der Waals surface area (Å²) < 4.78 is 0. The highest BCUT2D eigenvalue weighted by Crippen LogP contribution is 2.48. The zero-order valence-corrected chi connectivity index (χ0v) is 22.8. The Labute approximate surface area is 218 Å². The van der Waals surface area contributed by atoms with Gasteiger partial charge in [-0.05, 0) is 62.4 Å². The molecule has 1 aromatic carbocycles. The number of nitrogens with zero attached hydrogens (tertiary/aromatic N) is 2. The third-order valence-electron chi connectivity index (χ3n) is 6.88. The van der Waals surface area contributed by atoms with Gasteiger partial charge in [-0.1, -0.05) is 62.2 Å². The van der Waals surface area contributed by atoms with Crippen molar-refractivity contribution in [1.29, 1.82) is 0 Å². The van der Waals surface area contributed by atoms with Gasteiger partial charge in [0.2, 0.25) is 5.91 Å². The summed E-state index contributed by atoms with van der Waals surface area (Å²) in [6.45, 7) is 7.13. The van der Waals surface area contributed by atoms with Crippen LogP contribution in [0.5, 0.6) is 0 Å². The van der Waals surface area contributed by atoms with E-state index in [1.165, 1.54) is 0 Å². The molecule has 3 aliphatic rings. The predicted octanol–water partition coefficient (Wildman–Crippen LogP) is 6.26. The number of carbonyl (C=O) groups is 2. The van der Waals surface area contributed by atoms with Gasteiger partial charge >= 0.3 is 0 Å². The lowest BCUT2D eigenvalue weighted by atomic mass is 9.73. The van der Waals surface area contributed by atoms with Crippen LogP contribution in [0.4, 0.5) is 0 Å². The Kier molecular flexibility index (Phi) is 7.51. The first-order valence-corrected chi connectivity index (χ1v) is 13.1. The van der Waals surface area contributed by atoms with Crippen molar-refractivity contribution >= 4 is 34.9 Å². The molecule has 0 bridgehead atoms. The Morgan fingerprint density at radius 1 is 1.23 bits per heavy atom. The highest BCUT2D eigenvalue weighted by atomic mass is 35.5. The number of benzene rings is 1. The highest BCUT2D eigenvalue weighted by Gasteiger charge is 2.45. The molecule has 35 heavy (non-hydrogen) atoms. The first-order valence-electron chi connectivity index (χ1n) is 12.4. The molecule has 188 valence electrons. The van der Waals surface area contributed by atoms with Crippen LogP contribution in [0.1, 0.15) is 64.5 Å². The van der Waals surface area contributed by atoms with Gasteiger partial charge in [0.05, 0.1) is 17.4 Å². The predicted molar refractivity (Wildman–Crippen MR) is 142 cm³/mol. The van der Waals surface area contributed by atoms with Gasteiger partial charge in [0.1, 0.15) is 0 Å². The smallest absolute Gasteiger partial charge is 0.227 e. The molecule has 2 aliphatic carbocycles. The van der Waals surface area contributed by atoms with E-state index in [4.69, 9.17) is 23.2 Å². The maximum Gasteiger partial charge on any atom is 0.227 e. The molecule has 1 amide bonds. The average molecular weight is 517 g/mol. The summed E-state index contributed by atoms with van der Waals surface area (Å²) in [7, 11) is 4.13. The molecule has 0 saturated carbocycles. The number of hydrogen-bond donors (Lipinski definition) is 1. The average Bonchev–Trinajstić information content (AvgIpc) is 2.86. The maximum atomic E-state index is 13.8. The lowest BCUT2D eigenvalue weighted by molar-refractivity contribution is -0.131. The van der Waals surface area contributed by atoms with Gasteiger partial charge in [-0.25, -0.2) is 0 Å². The van der Waals surface area contributed by atoms with Crippen LogP contribution >= 0.6 is 23.2 Å². The normalized spacial score (nSPS) is 23.8. The van der Waals surface area contributed by atoms with Crippen LogP contribution in [-0.2, 0) is 9.59 Å². The number of Topliss-reactive ketones (excluding diaryl/α,β-unsaturated/α-hetero) is 1. The zero-order chi connectivity index (χ0) is 25.5. The molecule has 0 spiro atoms. The lowest BCUT2D eigenvalue weighted by Crippen LogP contribution is -2.39. The van der Waals surface area contributed by atoms with Crippen molar-refractivity contribution in [2.24, 2.45) is 11.3 Å². The van der Waals surface area contributed by atoms with E-state index in [1.54, 1.807) is 12.1 Å². The van der Waals surface area contributed by atoms with Crippen LogP contribution in [0.2, 0.25) is 10.0 Å². The summed E-state index contributed by atoms with van der Waals surface area (Å²) in [5.74, 6) is 0.352. The molecule has 2 unspecified atom stereocenters. The largest absolute Gasteiger partial charge is 0.357 e. The number of halogens is 2. The summed E-state index contributed by atoms with van der Waals surface area (Å²) in [5, 5.41) is 4.61. The van der Waals surface area contributed by atoms with Crippen molar-refractivity contribution in [3.63, 3.8) is 0 Å². The van der Waals surface area contributed by atoms with E-state index in [2.05, 4.69) is 50.3 Å². The van der Waals surface area contributed by atoms with E-state index < -0.39 is 6.04 Å². The van der Waals surface area contributed by atoms with Crippen LogP contribution < -0.4 is 5.32 Å². The minimum Gasteiger partial charge on any atom is -0.357 e. The fraction of sp³-hybridized carbons (Fsp3) is 0.500. The molecule has 0 radical (unpaired) electrons. The fourth-order valence-electron chi connectivity index (χ4n) is 5.52. The van der Waals surface area contributed by atoms with Gasteiger partial charge in [0, 0.05) is 40.7 Å². The Hall–Kier alpha value is -2.08. The molecular formula is C28H35Cl2N3O2. The molecule has 7 heteroatoms. The van der Waals surface area contributed by atoms with E-state index in [9.17, 15) is 9.59 Å². The monoisotopic (exact) mass is 515 g/mol. The number of amides is 1. The van der Waals surface area contributed by atoms with Crippen molar-refractivity contribution < 1.29 is 9.59 Å². The summed E-state index contributed by atoms with van der Waals surface area (Å²) in [5.41, 5.74) is 3.80. The Bertz CT molecular complexity index is 1130. The van der Waals surface area contributed by atoms with Crippen LogP contribution in [0.25, 0.3) is 0 Å².